The van der Waals surface area contributed by atoms with Crippen LogP contribution in [0.3, 0.4) is 0 Å². The Hall–Kier alpha value is -3.26. The van der Waals surface area contributed by atoms with Gasteiger partial charge in [-0.1, -0.05) is 35.5 Å². The molecule has 8 heteroatoms. The molecule has 0 bridgehead atoms. The highest BCUT2D eigenvalue weighted by atomic mass is 16.6. The van der Waals surface area contributed by atoms with Crippen molar-refractivity contribution < 1.29 is 9.45 Å². The molecule has 0 saturated carbocycles. The Morgan fingerprint density at radius 2 is 2.00 bits per heavy atom. The van der Waals surface area contributed by atoms with Crippen LogP contribution in [0.15, 0.2) is 53.1 Å². The first-order chi connectivity index (χ1) is 14.1. The number of piperidine rings is 1. The van der Waals surface area contributed by atoms with Gasteiger partial charge in [-0.05, 0) is 31.4 Å². The fourth-order valence-electron chi connectivity index (χ4n) is 3.58. The number of aryl methyl sites for hydroxylation is 1. The summed E-state index contributed by atoms with van der Waals surface area (Å²) in [5.41, 5.74) is 3.05. The van der Waals surface area contributed by atoms with Crippen LogP contribution in [0.25, 0.3) is 11.4 Å². The summed E-state index contributed by atoms with van der Waals surface area (Å²) in [4.78, 5) is 17.2. The number of likely N-dealkylation sites (tertiary alicyclic amines) is 1. The van der Waals surface area contributed by atoms with Crippen molar-refractivity contribution in [3.8, 4) is 11.4 Å². The number of nitro groups is 1. The molecule has 3 aromatic rings. The average molecular weight is 393 g/mol. The fourth-order valence-corrected chi connectivity index (χ4v) is 3.58. The number of non-ortho nitro benzene ring substituents is 1. The zero-order valence-corrected chi connectivity index (χ0v) is 16.2. The highest BCUT2D eigenvalue weighted by Gasteiger charge is 2.21. The van der Waals surface area contributed by atoms with Crippen LogP contribution in [0.4, 0.5) is 11.4 Å². The van der Waals surface area contributed by atoms with Crippen molar-refractivity contribution in [3.05, 3.63) is 70.1 Å². The maximum Gasteiger partial charge on any atom is 0.270 e. The van der Waals surface area contributed by atoms with Crippen LogP contribution in [0.5, 0.6) is 0 Å². The first-order valence-electron chi connectivity index (χ1n) is 9.70. The van der Waals surface area contributed by atoms with Gasteiger partial charge in [0.2, 0.25) is 11.7 Å². The van der Waals surface area contributed by atoms with E-state index in [2.05, 4.69) is 51.5 Å². The minimum absolute atomic E-state index is 0.0112. The van der Waals surface area contributed by atoms with Gasteiger partial charge in [0.15, 0.2) is 0 Å². The van der Waals surface area contributed by atoms with Gasteiger partial charge < -0.3 is 9.84 Å². The maximum absolute atomic E-state index is 10.9. The predicted molar refractivity (Wildman–Crippen MR) is 109 cm³/mol. The van der Waals surface area contributed by atoms with E-state index < -0.39 is 4.92 Å². The summed E-state index contributed by atoms with van der Waals surface area (Å²) in [6, 6.07) is 15.1. The number of hydrogen-bond acceptors (Lipinski definition) is 7. The molecule has 0 radical (unpaired) electrons. The number of aromatic nitrogens is 2. The maximum atomic E-state index is 10.9. The van der Waals surface area contributed by atoms with Crippen LogP contribution < -0.4 is 5.32 Å². The van der Waals surface area contributed by atoms with E-state index in [1.165, 1.54) is 23.4 Å². The number of nitrogens with one attached hydrogen (secondary N) is 1. The molecule has 0 spiro atoms. The summed E-state index contributed by atoms with van der Waals surface area (Å²) in [6.45, 7) is 4.58. The zero-order chi connectivity index (χ0) is 20.2. The Morgan fingerprint density at radius 1 is 1.21 bits per heavy atom. The topological polar surface area (TPSA) is 97.3 Å². The Kier molecular flexibility index (Phi) is 5.53. The van der Waals surface area contributed by atoms with E-state index in [0.717, 1.165) is 25.9 Å². The fraction of sp³-hybridized carbons (Fsp3) is 0.333. The summed E-state index contributed by atoms with van der Waals surface area (Å²) in [6.07, 6.45) is 2.08. The van der Waals surface area contributed by atoms with Gasteiger partial charge in [0.25, 0.3) is 5.69 Å². The van der Waals surface area contributed by atoms with Gasteiger partial charge in [0.05, 0.1) is 11.5 Å². The standard InChI is InChI=1S/C21H23N5O3/c1-15-5-2-3-8-19(15)22-17-9-11-25(12-10-17)14-20-23-21(24-29-20)16-6-4-7-18(13-16)26(27)28/h2-8,13,17,22H,9-12,14H2,1H3. The third-order valence-corrected chi connectivity index (χ3v) is 5.23. The number of para-hydroxylation sites is 1. The molecule has 1 aliphatic heterocycles. The lowest BCUT2D eigenvalue weighted by molar-refractivity contribution is -0.384. The largest absolute Gasteiger partial charge is 0.382 e. The molecule has 2 aromatic carbocycles. The van der Waals surface area contributed by atoms with Gasteiger partial charge in [0, 0.05) is 42.5 Å². The third-order valence-electron chi connectivity index (χ3n) is 5.23. The molecule has 1 aromatic heterocycles. The average Bonchev–Trinajstić information content (AvgIpc) is 3.20. The van der Waals surface area contributed by atoms with Gasteiger partial charge in [-0.3, -0.25) is 15.0 Å². The Morgan fingerprint density at radius 3 is 2.76 bits per heavy atom. The Labute approximate surface area is 168 Å². The molecule has 4 rings (SSSR count). The Bertz CT molecular complexity index is 995. The molecule has 1 aliphatic rings. The SMILES string of the molecule is Cc1ccccc1NC1CCN(Cc2nc(-c3cccc([N+](=O)[O-])c3)no2)CC1. The first-order valence-corrected chi connectivity index (χ1v) is 9.70. The van der Waals surface area contributed by atoms with Crippen molar-refractivity contribution >= 4 is 11.4 Å². The number of nitro benzene ring substituents is 1. The molecule has 0 aliphatic carbocycles. The van der Waals surface area contributed by atoms with Crippen LogP contribution in [0, 0.1) is 17.0 Å². The number of nitrogens with zero attached hydrogens (tertiary/aromatic N) is 4. The van der Waals surface area contributed by atoms with E-state index in [4.69, 9.17) is 4.52 Å². The summed E-state index contributed by atoms with van der Waals surface area (Å²) in [5.74, 6) is 0.900. The molecule has 29 heavy (non-hydrogen) atoms. The molecule has 150 valence electrons. The molecule has 0 unspecified atom stereocenters. The number of rotatable bonds is 6. The zero-order valence-electron chi connectivity index (χ0n) is 16.2. The second kappa shape index (κ2) is 8.40. The van der Waals surface area contributed by atoms with Crippen LogP contribution in [-0.2, 0) is 6.54 Å². The summed E-state index contributed by atoms with van der Waals surface area (Å²) in [7, 11) is 0. The molecular weight excluding hydrogens is 370 g/mol. The first kappa shape index (κ1) is 19.1. The van der Waals surface area contributed by atoms with E-state index in [1.807, 2.05) is 0 Å². The second-order valence-corrected chi connectivity index (χ2v) is 7.33. The van der Waals surface area contributed by atoms with E-state index in [-0.39, 0.29) is 5.69 Å². The predicted octanol–water partition coefficient (Wildman–Crippen LogP) is 4.03. The molecule has 8 nitrogen and oxygen atoms in total. The molecule has 1 saturated heterocycles. The molecule has 1 N–H and O–H groups in total. The summed E-state index contributed by atoms with van der Waals surface area (Å²) in [5, 5.41) is 18.6. The molecule has 0 atom stereocenters. The van der Waals surface area contributed by atoms with Crippen molar-refractivity contribution in [1.82, 2.24) is 15.0 Å². The van der Waals surface area contributed by atoms with Crippen molar-refractivity contribution in [3.63, 3.8) is 0 Å². The number of anilines is 1. The summed E-state index contributed by atoms with van der Waals surface area (Å²) < 4.78 is 5.37. The minimum Gasteiger partial charge on any atom is -0.382 e. The molecule has 2 heterocycles. The lowest BCUT2D eigenvalue weighted by Gasteiger charge is -2.32. The molecule has 0 amide bonds. The molecular formula is C21H23N5O3. The van der Waals surface area contributed by atoms with Gasteiger partial charge in [-0.25, -0.2) is 0 Å². The van der Waals surface area contributed by atoms with Gasteiger partial charge in [-0.2, -0.15) is 4.98 Å². The van der Waals surface area contributed by atoms with E-state index in [0.29, 0.717) is 29.9 Å². The monoisotopic (exact) mass is 393 g/mol. The quantitative estimate of drug-likeness (QED) is 0.499. The van der Waals surface area contributed by atoms with Crippen LogP contribution >= 0.6 is 0 Å². The lowest BCUT2D eigenvalue weighted by Crippen LogP contribution is -2.38. The van der Waals surface area contributed by atoms with Gasteiger partial charge in [0.1, 0.15) is 0 Å². The van der Waals surface area contributed by atoms with Crippen LogP contribution in [0.2, 0.25) is 0 Å². The highest BCUT2D eigenvalue weighted by Crippen LogP contribution is 2.23. The number of hydrogen-bond donors (Lipinski definition) is 1. The minimum atomic E-state index is -0.431. The van der Waals surface area contributed by atoms with E-state index in [9.17, 15) is 10.1 Å². The van der Waals surface area contributed by atoms with Crippen LogP contribution in [-0.4, -0.2) is 39.1 Å². The normalized spacial score (nSPS) is 15.3. The highest BCUT2D eigenvalue weighted by molar-refractivity contribution is 5.58. The van der Waals surface area contributed by atoms with Gasteiger partial charge in [-0.15, -0.1) is 0 Å². The van der Waals surface area contributed by atoms with Crippen molar-refractivity contribution in [2.75, 3.05) is 18.4 Å². The Balaban J connectivity index is 1.33. The summed E-state index contributed by atoms with van der Waals surface area (Å²) >= 11 is 0. The van der Waals surface area contributed by atoms with Crippen LogP contribution in [0.1, 0.15) is 24.3 Å². The van der Waals surface area contributed by atoms with Gasteiger partial charge >= 0.3 is 0 Å². The van der Waals surface area contributed by atoms with Crippen molar-refractivity contribution in [2.45, 2.75) is 32.4 Å². The smallest absolute Gasteiger partial charge is 0.270 e. The lowest BCUT2D eigenvalue weighted by atomic mass is 10.0. The third kappa shape index (κ3) is 4.60. The second-order valence-electron chi connectivity index (χ2n) is 7.33. The van der Waals surface area contributed by atoms with Crippen molar-refractivity contribution in [2.24, 2.45) is 0 Å². The number of benzene rings is 2. The van der Waals surface area contributed by atoms with E-state index >= 15 is 0 Å². The van der Waals surface area contributed by atoms with Crippen molar-refractivity contribution in [1.29, 1.82) is 0 Å². The molecule has 1 fully saturated rings. The van der Waals surface area contributed by atoms with E-state index in [1.54, 1.807) is 12.1 Å².